The van der Waals surface area contributed by atoms with Gasteiger partial charge in [-0.05, 0) is 68.3 Å². The Morgan fingerprint density at radius 3 is 2.71 bits per heavy atom. The van der Waals surface area contributed by atoms with Crippen molar-refractivity contribution >= 4 is 11.8 Å². The van der Waals surface area contributed by atoms with E-state index in [-0.39, 0.29) is 5.82 Å². The molecule has 0 spiro atoms. The van der Waals surface area contributed by atoms with Crippen LogP contribution in [0.2, 0.25) is 0 Å². The van der Waals surface area contributed by atoms with Crippen LogP contribution < -0.4 is 5.32 Å². The van der Waals surface area contributed by atoms with E-state index >= 15 is 0 Å². The number of aromatic nitrogens is 1. The van der Waals surface area contributed by atoms with E-state index in [1.165, 1.54) is 11.6 Å². The van der Waals surface area contributed by atoms with Crippen molar-refractivity contribution in [3.63, 3.8) is 0 Å². The largest absolute Gasteiger partial charge is 0.313 e. The molecule has 1 N–H and O–H groups in total. The van der Waals surface area contributed by atoms with Gasteiger partial charge in [-0.15, -0.1) is 0 Å². The molecule has 0 amide bonds. The smallest absolute Gasteiger partial charge is 0.123 e. The van der Waals surface area contributed by atoms with Gasteiger partial charge in [0.25, 0.3) is 0 Å². The third-order valence-corrected chi connectivity index (χ3v) is 4.09. The quantitative estimate of drug-likeness (QED) is 0.796. The van der Waals surface area contributed by atoms with Crippen LogP contribution in [0.25, 0.3) is 0 Å². The second kappa shape index (κ2) is 7.57. The molecule has 0 radical (unpaired) electrons. The summed E-state index contributed by atoms with van der Waals surface area (Å²) in [5.41, 5.74) is 3.18. The lowest BCUT2D eigenvalue weighted by molar-refractivity contribution is 0.615. The first kappa shape index (κ1) is 16.0. The Morgan fingerprint density at radius 2 is 2.00 bits per heavy atom. The van der Waals surface area contributed by atoms with Gasteiger partial charge in [0.15, 0.2) is 0 Å². The molecule has 0 saturated heterocycles. The molecule has 0 aliphatic carbocycles. The maximum atomic E-state index is 13.5. The molecule has 0 aliphatic rings. The highest BCUT2D eigenvalue weighted by atomic mass is 32.2. The molecule has 0 aliphatic heterocycles. The van der Waals surface area contributed by atoms with Crippen LogP contribution in [0.15, 0.2) is 40.3 Å². The molecular weight excluding hydrogens is 283 g/mol. The van der Waals surface area contributed by atoms with Gasteiger partial charge in [0.2, 0.25) is 0 Å². The highest BCUT2D eigenvalue weighted by Gasteiger charge is 2.08. The lowest BCUT2D eigenvalue weighted by atomic mass is 10.2. The van der Waals surface area contributed by atoms with Crippen molar-refractivity contribution in [2.45, 2.75) is 43.7 Å². The molecule has 0 atom stereocenters. The number of nitrogens with zero attached hydrogens (tertiary/aromatic N) is 1. The minimum absolute atomic E-state index is 0.193. The lowest BCUT2D eigenvalue weighted by Gasteiger charge is -2.11. The summed E-state index contributed by atoms with van der Waals surface area (Å²) in [6.45, 7) is 7.79. The van der Waals surface area contributed by atoms with Crippen LogP contribution in [0.4, 0.5) is 4.39 Å². The fraction of sp³-hybridized carbons (Fsp3) is 0.353. The van der Waals surface area contributed by atoms with Crippen molar-refractivity contribution in [2.75, 3.05) is 6.54 Å². The van der Waals surface area contributed by atoms with E-state index < -0.39 is 0 Å². The summed E-state index contributed by atoms with van der Waals surface area (Å²) in [7, 11) is 0. The third kappa shape index (κ3) is 4.83. The Labute approximate surface area is 130 Å². The van der Waals surface area contributed by atoms with Crippen molar-refractivity contribution in [2.24, 2.45) is 0 Å². The number of hydrogen-bond acceptors (Lipinski definition) is 3. The van der Waals surface area contributed by atoms with Gasteiger partial charge < -0.3 is 5.32 Å². The van der Waals surface area contributed by atoms with Gasteiger partial charge in [-0.2, -0.15) is 0 Å². The highest BCUT2D eigenvalue weighted by molar-refractivity contribution is 7.99. The monoisotopic (exact) mass is 304 g/mol. The van der Waals surface area contributed by atoms with Gasteiger partial charge >= 0.3 is 0 Å². The molecule has 2 aromatic rings. The Kier molecular flexibility index (Phi) is 5.76. The Morgan fingerprint density at radius 1 is 1.19 bits per heavy atom. The van der Waals surface area contributed by atoms with Gasteiger partial charge in [-0.1, -0.05) is 18.7 Å². The maximum absolute atomic E-state index is 13.5. The van der Waals surface area contributed by atoms with E-state index in [1.54, 1.807) is 17.8 Å². The molecule has 0 saturated carbocycles. The van der Waals surface area contributed by atoms with E-state index in [0.717, 1.165) is 34.1 Å². The van der Waals surface area contributed by atoms with Crippen LogP contribution in [0.1, 0.15) is 30.2 Å². The zero-order valence-corrected chi connectivity index (χ0v) is 13.6. The fourth-order valence-electron chi connectivity index (χ4n) is 2.15. The Balaban J connectivity index is 2.21. The number of aryl methyl sites for hydroxylation is 2. The summed E-state index contributed by atoms with van der Waals surface area (Å²) in [6.07, 6.45) is 1.07. The van der Waals surface area contributed by atoms with E-state index in [4.69, 9.17) is 0 Å². The number of nitrogens with one attached hydrogen (secondary N) is 1. The molecule has 0 unspecified atom stereocenters. The van der Waals surface area contributed by atoms with Crippen LogP contribution in [0.5, 0.6) is 0 Å². The zero-order chi connectivity index (χ0) is 15.2. The van der Waals surface area contributed by atoms with E-state index in [9.17, 15) is 4.39 Å². The van der Waals surface area contributed by atoms with Crippen molar-refractivity contribution < 1.29 is 4.39 Å². The summed E-state index contributed by atoms with van der Waals surface area (Å²) >= 11 is 1.59. The highest BCUT2D eigenvalue weighted by Crippen LogP contribution is 2.30. The number of halogens is 1. The standard InChI is InChI=1S/C17H21FN2S/c1-4-7-19-11-14-10-15(18)5-6-16(14)21-17-9-12(2)8-13(3)20-17/h5-6,8-10,19H,4,7,11H2,1-3H3. The number of pyridine rings is 1. The number of rotatable bonds is 6. The molecule has 1 aromatic heterocycles. The average molecular weight is 304 g/mol. The summed E-state index contributed by atoms with van der Waals surface area (Å²) < 4.78 is 13.5. The summed E-state index contributed by atoms with van der Waals surface area (Å²) in [4.78, 5) is 5.59. The predicted molar refractivity (Wildman–Crippen MR) is 86.2 cm³/mol. The average Bonchev–Trinajstić information content (AvgIpc) is 2.41. The second-order valence-corrected chi connectivity index (χ2v) is 6.22. The molecule has 1 heterocycles. The van der Waals surface area contributed by atoms with Crippen LogP contribution in [-0.2, 0) is 6.54 Å². The maximum Gasteiger partial charge on any atom is 0.123 e. The molecule has 21 heavy (non-hydrogen) atoms. The first-order valence-electron chi connectivity index (χ1n) is 7.20. The molecule has 112 valence electrons. The minimum atomic E-state index is -0.193. The SMILES string of the molecule is CCCNCc1cc(F)ccc1Sc1cc(C)cc(C)n1. The second-order valence-electron chi connectivity index (χ2n) is 5.15. The first-order chi connectivity index (χ1) is 10.1. The molecule has 2 rings (SSSR count). The van der Waals surface area contributed by atoms with Gasteiger partial charge in [0.1, 0.15) is 10.8 Å². The Hall–Kier alpha value is -1.39. The van der Waals surface area contributed by atoms with Gasteiger partial charge in [-0.3, -0.25) is 0 Å². The van der Waals surface area contributed by atoms with E-state index in [0.29, 0.717) is 6.54 Å². The number of benzene rings is 1. The molecule has 1 aromatic carbocycles. The summed E-state index contributed by atoms with van der Waals surface area (Å²) in [5, 5.41) is 4.28. The number of hydrogen-bond donors (Lipinski definition) is 1. The van der Waals surface area contributed by atoms with Gasteiger partial charge in [0, 0.05) is 17.1 Å². The van der Waals surface area contributed by atoms with Gasteiger partial charge in [-0.25, -0.2) is 9.37 Å². The van der Waals surface area contributed by atoms with Crippen molar-refractivity contribution in [1.82, 2.24) is 10.3 Å². The first-order valence-corrected chi connectivity index (χ1v) is 8.02. The molecular formula is C17H21FN2S. The third-order valence-electron chi connectivity index (χ3n) is 3.05. The van der Waals surface area contributed by atoms with E-state index in [1.807, 2.05) is 13.0 Å². The molecule has 4 heteroatoms. The van der Waals surface area contributed by atoms with Crippen molar-refractivity contribution in [3.8, 4) is 0 Å². The zero-order valence-electron chi connectivity index (χ0n) is 12.7. The van der Waals surface area contributed by atoms with Crippen LogP contribution in [0, 0.1) is 19.7 Å². The van der Waals surface area contributed by atoms with Crippen LogP contribution >= 0.6 is 11.8 Å². The summed E-state index contributed by atoms with van der Waals surface area (Å²) in [6, 6.07) is 9.06. The summed E-state index contributed by atoms with van der Waals surface area (Å²) in [5.74, 6) is -0.193. The predicted octanol–water partition coefficient (Wildman–Crippen LogP) is 4.49. The molecule has 2 nitrogen and oxygen atoms in total. The van der Waals surface area contributed by atoms with Crippen molar-refractivity contribution in [1.29, 1.82) is 0 Å². The molecule has 0 bridgehead atoms. The minimum Gasteiger partial charge on any atom is -0.313 e. The van der Waals surface area contributed by atoms with E-state index in [2.05, 4.69) is 36.3 Å². The lowest BCUT2D eigenvalue weighted by Crippen LogP contribution is -2.14. The van der Waals surface area contributed by atoms with Crippen molar-refractivity contribution in [3.05, 3.63) is 53.0 Å². The van der Waals surface area contributed by atoms with Crippen LogP contribution in [-0.4, -0.2) is 11.5 Å². The Bertz CT molecular complexity index is 593. The van der Waals surface area contributed by atoms with Gasteiger partial charge in [0.05, 0.1) is 0 Å². The fourth-order valence-corrected chi connectivity index (χ4v) is 3.21. The normalized spacial score (nSPS) is 10.9. The van der Waals surface area contributed by atoms with Crippen LogP contribution in [0.3, 0.4) is 0 Å². The topological polar surface area (TPSA) is 24.9 Å². The molecule has 0 fully saturated rings.